The van der Waals surface area contributed by atoms with Crippen LogP contribution in [0.25, 0.3) is 10.8 Å². The first kappa shape index (κ1) is 15.8. The lowest BCUT2D eigenvalue weighted by Crippen LogP contribution is -2.42. The third-order valence-corrected chi connectivity index (χ3v) is 6.79. The average Bonchev–Trinajstić information content (AvgIpc) is 3.33. The van der Waals surface area contributed by atoms with Gasteiger partial charge in [-0.05, 0) is 32.3 Å². The number of aryl methyl sites for hydroxylation is 1. The zero-order chi connectivity index (χ0) is 16.9. The SMILES string of the molecule is Cc1nn(CN(C2CC2)C2CCS(=O)(=O)C2)c(=O)c2ccccc12. The predicted molar refractivity (Wildman–Crippen MR) is 92.7 cm³/mol. The molecule has 2 aromatic rings. The van der Waals surface area contributed by atoms with Crippen LogP contribution in [0, 0.1) is 6.92 Å². The molecular formula is C17H21N3O3S. The van der Waals surface area contributed by atoms with Gasteiger partial charge in [0.2, 0.25) is 0 Å². The minimum Gasteiger partial charge on any atom is -0.277 e. The molecule has 1 aliphatic carbocycles. The van der Waals surface area contributed by atoms with Crippen molar-refractivity contribution < 1.29 is 8.42 Å². The molecule has 2 aliphatic rings. The molecule has 0 radical (unpaired) electrons. The standard InChI is InChI=1S/C17H21N3O3S/c1-12-15-4-2-3-5-16(15)17(21)20(18-12)11-19(13-6-7-13)14-8-9-24(22,23)10-14/h2-5,13-14H,6-11H2,1H3. The van der Waals surface area contributed by atoms with Gasteiger partial charge in [-0.1, -0.05) is 18.2 Å². The maximum Gasteiger partial charge on any atom is 0.275 e. The summed E-state index contributed by atoms with van der Waals surface area (Å²) in [5, 5.41) is 6.01. The maximum atomic E-state index is 12.8. The van der Waals surface area contributed by atoms with E-state index >= 15 is 0 Å². The van der Waals surface area contributed by atoms with Gasteiger partial charge in [0.15, 0.2) is 9.84 Å². The van der Waals surface area contributed by atoms with Crippen LogP contribution in [-0.2, 0) is 16.5 Å². The molecule has 0 N–H and O–H groups in total. The van der Waals surface area contributed by atoms with Gasteiger partial charge in [0, 0.05) is 17.5 Å². The van der Waals surface area contributed by atoms with Crippen LogP contribution in [0.15, 0.2) is 29.1 Å². The maximum absolute atomic E-state index is 12.8. The summed E-state index contributed by atoms with van der Waals surface area (Å²) in [5.74, 6) is 0.449. The van der Waals surface area contributed by atoms with Crippen LogP contribution in [0.1, 0.15) is 25.0 Å². The molecule has 128 valence electrons. The van der Waals surface area contributed by atoms with E-state index < -0.39 is 9.84 Å². The number of aromatic nitrogens is 2. The van der Waals surface area contributed by atoms with Crippen molar-refractivity contribution in [3.05, 3.63) is 40.3 Å². The van der Waals surface area contributed by atoms with Crippen molar-refractivity contribution in [2.75, 3.05) is 11.5 Å². The smallest absolute Gasteiger partial charge is 0.275 e. The fourth-order valence-corrected chi connectivity index (χ4v) is 5.37. The molecule has 0 spiro atoms. The van der Waals surface area contributed by atoms with E-state index in [2.05, 4.69) is 10.00 Å². The van der Waals surface area contributed by atoms with Crippen LogP contribution < -0.4 is 5.56 Å². The second kappa shape index (κ2) is 5.67. The summed E-state index contributed by atoms with van der Waals surface area (Å²) in [6.07, 6.45) is 2.79. The molecule has 1 aliphatic heterocycles. The first-order chi connectivity index (χ1) is 11.4. The largest absolute Gasteiger partial charge is 0.277 e. The van der Waals surface area contributed by atoms with Gasteiger partial charge in [0.05, 0.1) is 29.3 Å². The minimum atomic E-state index is -2.94. The van der Waals surface area contributed by atoms with Gasteiger partial charge in [-0.25, -0.2) is 13.1 Å². The number of sulfone groups is 1. The van der Waals surface area contributed by atoms with Gasteiger partial charge in [-0.3, -0.25) is 9.69 Å². The highest BCUT2D eigenvalue weighted by Gasteiger charge is 2.39. The molecule has 1 saturated heterocycles. The van der Waals surface area contributed by atoms with E-state index in [1.807, 2.05) is 31.2 Å². The second-order valence-electron chi connectivity index (χ2n) is 6.88. The Balaban J connectivity index is 1.69. The number of benzene rings is 1. The Morgan fingerprint density at radius 2 is 1.88 bits per heavy atom. The van der Waals surface area contributed by atoms with E-state index in [4.69, 9.17) is 0 Å². The molecule has 1 saturated carbocycles. The monoisotopic (exact) mass is 347 g/mol. The Labute approximate surface area is 141 Å². The van der Waals surface area contributed by atoms with Crippen molar-refractivity contribution in [2.24, 2.45) is 0 Å². The first-order valence-corrected chi connectivity index (χ1v) is 10.2. The van der Waals surface area contributed by atoms with Gasteiger partial charge in [-0.2, -0.15) is 5.10 Å². The number of rotatable bonds is 4. The Kier molecular flexibility index (Phi) is 3.73. The highest BCUT2D eigenvalue weighted by Crippen LogP contribution is 2.32. The van der Waals surface area contributed by atoms with Crippen molar-refractivity contribution in [3.8, 4) is 0 Å². The third kappa shape index (κ3) is 2.86. The fourth-order valence-electron chi connectivity index (χ4n) is 3.63. The molecule has 1 aromatic heterocycles. The lowest BCUT2D eigenvalue weighted by molar-refractivity contribution is 0.143. The van der Waals surface area contributed by atoms with E-state index in [1.165, 1.54) is 4.68 Å². The quantitative estimate of drug-likeness (QED) is 0.834. The summed E-state index contributed by atoms with van der Waals surface area (Å²) in [7, 11) is -2.94. The zero-order valence-electron chi connectivity index (χ0n) is 13.7. The molecule has 24 heavy (non-hydrogen) atoms. The highest BCUT2D eigenvalue weighted by atomic mass is 32.2. The molecule has 1 unspecified atom stereocenters. The Bertz CT molecular complexity index is 947. The van der Waals surface area contributed by atoms with E-state index in [-0.39, 0.29) is 23.1 Å². The summed E-state index contributed by atoms with van der Waals surface area (Å²) in [6, 6.07) is 7.87. The van der Waals surface area contributed by atoms with E-state index in [0.717, 1.165) is 23.9 Å². The van der Waals surface area contributed by atoms with Crippen molar-refractivity contribution in [2.45, 2.75) is 44.9 Å². The average molecular weight is 347 g/mol. The van der Waals surface area contributed by atoms with Crippen molar-refractivity contribution in [3.63, 3.8) is 0 Å². The molecule has 7 heteroatoms. The van der Waals surface area contributed by atoms with Gasteiger partial charge in [0.25, 0.3) is 5.56 Å². The van der Waals surface area contributed by atoms with Crippen LogP contribution >= 0.6 is 0 Å². The van der Waals surface area contributed by atoms with Crippen LogP contribution in [0.5, 0.6) is 0 Å². The van der Waals surface area contributed by atoms with Crippen LogP contribution in [-0.4, -0.2) is 46.7 Å². The van der Waals surface area contributed by atoms with E-state index in [9.17, 15) is 13.2 Å². The highest BCUT2D eigenvalue weighted by molar-refractivity contribution is 7.91. The Morgan fingerprint density at radius 3 is 2.50 bits per heavy atom. The van der Waals surface area contributed by atoms with Gasteiger partial charge < -0.3 is 0 Å². The molecule has 0 amide bonds. The van der Waals surface area contributed by atoms with Gasteiger partial charge >= 0.3 is 0 Å². The van der Waals surface area contributed by atoms with Crippen LogP contribution in [0.2, 0.25) is 0 Å². The van der Waals surface area contributed by atoms with E-state index in [0.29, 0.717) is 24.5 Å². The van der Waals surface area contributed by atoms with Gasteiger partial charge in [0.1, 0.15) is 0 Å². The molecule has 0 bridgehead atoms. The summed E-state index contributed by atoms with van der Waals surface area (Å²) in [4.78, 5) is 14.9. The van der Waals surface area contributed by atoms with E-state index in [1.54, 1.807) is 0 Å². The van der Waals surface area contributed by atoms with Crippen molar-refractivity contribution >= 4 is 20.6 Å². The van der Waals surface area contributed by atoms with Crippen molar-refractivity contribution in [1.29, 1.82) is 0 Å². The molecule has 1 atom stereocenters. The Hall–Kier alpha value is -1.73. The molecular weight excluding hydrogens is 326 g/mol. The summed E-state index contributed by atoms with van der Waals surface area (Å²) in [6.45, 7) is 2.27. The summed E-state index contributed by atoms with van der Waals surface area (Å²) < 4.78 is 25.2. The number of hydrogen-bond acceptors (Lipinski definition) is 5. The fraction of sp³-hybridized carbons (Fsp3) is 0.529. The van der Waals surface area contributed by atoms with Crippen molar-refractivity contribution in [1.82, 2.24) is 14.7 Å². The summed E-state index contributed by atoms with van der Waals surface area (Å²) >= 11 is 0. The van der Waals surface area contributed by atoms with Crippen LogP contribution in [0.4, 0.5) is 0 Å². The normalized spacial score (nSPS) is 23.2. The molecule has 6 nitrogen and oxygen atoms in total. The molecule has 2 fully saturated rings. The zero-order valence-corrected chi connectivity index (χ0v) is 14.5. The van der Waals surface area contributed by atoms with Gasteiger partial charge in [-0.15, -0.1) is 0 Å². The summed E-state index contributed by atoms with van der Waals surface area (Å²) in [5.41, 5.74) is 0.711. The predicted octanol–water partition coefficient (Wildman–Crippen LogP) is 1.31. The first-order valence-electron chi connectivity index (χ1n) is 8.37. The Morgan fingerprint density at radius 1 is 1.17 bits per heavy atom. The third-order valence-electron chi connectivity index (χ3n) is 5.04. The number of nitrogens with zero attached hydrogens (tertiary/aromatic N) is 3. The molecule has 2 heterocycles. The molecule has 4 rings (SSSR count). The lowest BCUT2D eigenvalue weighted by Gasteiger charge is -2.28. The molecule has 1 aromatic carbocycles. The lowest BCUT2D eigenvalue weighted by atomic mass is 10.1. The minimum absolute atomic E-state index is 0.00276. The van der Waals surface area contributed by atoms with Crippen LogP contribution in [0.3, 0.4) is 0 Å². The number of hydrogen-bond donors (Lipinski definition) is 0. The number of fused-ring (bicyclic) bond motifs is 1. The topological polar surface area (TPSA) is 72.3 Å². The second-order valence-corrected chi connectivity index (χ2v) is 9.11.